The number of hydrogen-bond acceptors (Lipinski definition) is 5. The summed E-state index contributed by atoms with van der Waals surface area (Å²) in [5.74, 6) is 1.16. The maximum atomic E-state index is 12.9. The van der Waals surface area contributed by atoms with Gasteiger partial charge in [-0.05, 0) is 18.2 Å². The van der Waals surface area contributed by atoms with E-state index < -0.39 is 0 Å². The molecule has 0 radical (unpaired) electrons. The van der Waals surface area contributed by atoms with E-state index in [0.717, 1.165) is 24.5 Å². The first-order valence-corrected chi connectivity index (χ1v) is 8.73. The van der Waals surface area contributed by atoms with Crippen LogP contribution in [0.4, 0.5) is 11.4 Å². The topological polar surface area (TPSA) is 68.0 Å². The molecule has 6 nitrogen and oxygen atoms in total. The predicted octanol–water partition coefficient (Wildman–Crippen LogP) is 3.75. The molecular weight excluding hydrogens is 425 g/mol. The number of halogens is 3. The van der Waals surface area contributed by atoms with Crippen LogP contribution in [0.15, 0.2) is 36.4 Å². The molecule has 0 saturated carbocycles. The number of piperazine rings is 1. The van der Waals surface area contributed by atoms with Crippen molar-refractivity contribution in [3.05, 3.63) is 47.0 Å². The second-order valence-electron chi connectivity index (χ2n) is 6.03. The molecule has 0 aromatic heterocycles. The summed E-state index contributed by atoms with van der Waals surface area (Å²) in [4.78, 5) is 16.9. The first-order chi connectivity index (χ1) is 12.5. The monoisotopic (exact) mass is 447 g/mol. The van der Waals surface area contributed by atoms with Crippen LogP contribution in [0.1, 0.15) is 10.4 Å². The van der Waals surface area contributed by atoms with Crippen molar-refractivity contribution in [2.24, 2.45) is 0 Å². The average molecular weight is 449 g/mol. The van der Waals surface area contributed by atoms with Crippen LogP contribution >= 0.6 is 36.4 Å². The van der Waals surface area contributed by atoms with E-state index >= 15 is 0 Å². The van der Waals surface area contributed by atoms with Gasteiger partial charge < -0.3 is 25.0 Å². The van der Waals surface area contributed by atoms with Gasteiger partial charge in [-0.15, -0.1) is 24.8 Å². The summed E-state index contributed by atoms with van der Waals surface area (Å²) in [7, 11) is 3.18. The Morgan fingerprint density at radius 1 is 1.00 bits per heavy atom. The van der Waals surface area contributed by atoms with Crippen LogP contribution in [0.3, 0.4) is 0 Å². The molecule has 0 bridgehead atoms. The maximum absolute atomic E-state index is 12.9. The highest BCUT2D eigenvalue weighted by atomic mass is 35.5. The minimum absolute atomic E-state index is 0. The van der Waals surface area contributed by atoms with Crippen LogP contribution in [-0.4, -0.2) is 51.2 Å². The molecule has 3 rings (SSSR count). The fraction of sp³-hybridized carbons (Fsp3) is 0.316. The minimum Gasteiger partial charge on any atom is -0.496 e. The van der Waals surface area contributed by atoms with Crippen molar-refractivity contribution in [2.45, 2.75) is 0 Å². The van der Waals surface area contributed by atoms with Crippen molar-refractivity contribution in [1.82, 2.24) is 4.90 Å². The summed E-state index contributed by atoms with van der Waals surface area (Å²) in [6, 6.07) is 11.0. The zero-order chi connectivity index (χ0) is 18.7. The van der Waals surface area contributed by atoms with Crippen molar-refractivity contribution >= 4 is 53.7 Å². The fourth-order valence-electron chi connectivity index (χ4n) is 3.12. The zero-order valence-electron chi connectivity index (χ0n) is 15.7. The molecule has 1 saturated heterocycles. The predicted molar refractivity (Wildman–Crippen MR) is 118 cm³/mol. The number of nitrogens with two attached hydrogens (primary N) is 1. The first-order valence-electron chi connectivity index (χ1n) is 8.35. The lowest BCUT2D eigenvalue weighted by atomic mass is 10.1. The van der Waals surface area contributed by atoms with Gasteiger partial charge in [0.15, 0.2) is 0 Å². The summed E-state index contributed by atoms with van der Waals surface area (Å²) >= 11 is 6.09. The van der Waals surface area contributed by atoms with Crippen LogP contribution in [0.5, 0.6) is 11.5 Å². The van der Waals surface area contributed by atoms with Gasteiger partial charge in [-0.2, -0.15) is 0 Å². The number of amides is 1. The Kier molecular flexibility index (Phi) is 9.01. The number of carbonyl (C=O) groups excluding carboxylic acids is 1. The largest absolute Gasteiger partial charge is 0.496 e. The minimum atomic E-state index is -0.108. The van der Waals surface area contributed by atoms with Gasteiger partial charge in [0.05, 0.1) is 36.2 Å². The quantitative estimate of drug-likeness (QED) is 0.722. The summed E-state index contributed by atoms with van der Waals surface area (Å²) in [6.45, 7) is 2.64. The van der Waals surface area contributed by atoms with Gasteiger partial charge in [0.1, 0.15) is 11.5 Å². The fourth-order valence-corrected chi connectivity index (χ4v) is 3.28. The van der Waals surface area contributed by atoms with Crippen molar-refractivity contribution in [2.75, 3.05) is 51.0 Å². The van der Waals surface area contributed by atoms with Gasteiger partial charge in [-0.3, -0.25) is 4.79 Å². The van der Waals surface area contributed by atoms with Crippen molar-refractivity contribution in [3.63, 3.8) is 0 Å². The Morgan fingerprint density at radius 3 is 2.21 bits per heavy atom. The van der Waals surface area contributed by atoms with Gasteiger partial charge >= 0.3 is 0 Å². The van der Waals surface area contributed by atoms with Crippen molar-refractivity contribution in [1.29, 1.82) is 0 Å². The highest BCUT2D eigenvalue weighted by molar-refractivity contribution is 6.33. The lowest BCUT2D eigenvalue weighted by Gasteiger charge is -2.36. The molecule has 1 aliphatic heterocycles. The number of carbonyl (C=O) groups is 1. The molecule has 0 atom stereocenters. The highest BCUT2D eigenvalue weighted by Crippen LogP contribution is 2.31. The smallest absolute Gasteiger partial charge is 0.257 e. The number of para-hydroxylation sites is 2. The third kappa shape index (κ3) is 4.87. The molecule has 28 heavy (non-hydrogen) atoms. The van der Waals surface area contributed by atoms with Crippen LogP contribution in [0.2, 0.25) is 5.02 Å². The molecule has 0 aliphatic carbocycles. The maximum Gasteiger partial charge on any atom is 0.257 e. The van der Waals surface area contributed by atoms with E-state index in [-0.39, 0.29) is 30.7 Å². The Labute approximate surface area is 182 Å². The van der Waals surface area contributed by atoms with Gasteiger partial charge in [0, 0.05) is 32.2 Å². The Hall–Kier alpha value is -2.02. The van der Waals surface area contributed by atoms with Crippen molar-refractivity contribution in [3.8, 4) is 11.5 Å². The molecular formula is C19H24Cl3N3O3. The van der Waals surface area contributed by atoms with E-state index in [1.165, 1.54) is 7.11 Å². The molecule has 154 valence electrons. The standard InChI is InChI=1S/C19H22ClN3O3.2ClH/c1-25-17-6-4-3-5-16(17)22-7-9-23(10-8-22)19(24)13-11-14(20)15(21)12-18(13)26-2;;/h3-6,11-12H,7-10,21H2,1-2H3;2*1H. The molecule has 2 N–H and O–H groups in total. The third-order valence-corrected chi connectivity index (χ3v) is 4.87. The molecule has 1 fully saturated rings. The molecule has 2 aromatic carbocycles. The van der Waals surface area contributed by atoms with Crippen LogP contribution in [0, 0.1) is 0 Å². The molecule has 1 heterocycles. The molecule has 1 amide bonds. The van der Waals surface area contributed by atoms with Crippen LogP contribution in [-0.2, 0) is 0 Å². The number of benzene rings is 2. The van der Waals surface area contributed by atoms with Crippen molar-refractivity contribution < 1.29 is 14.3 Å². The van der Waals surface area contributed by atoms with E-state index in [1.54, 1.807) is 24.1 Å². The van der Waals surface area contributed by atoms with E-state index in [1.807, 2.05) is 24.3 Å². The van der Waals surface area contributed by atoms with Crippen LogP contribution in [0.25, 0.3) is 0 Å². The first kappa shape index (κ1) is 24.0. The summed E-state index contributed by atoms with van der Waals surface area (Å²) in [6.07, 6.45) is 0. The van der Waals surface area contributed by atoms with Gasteiger partial charge in [0.25, 0.3) is 5.91 Å². The number of methoxy groups -OCH3 is 2. The second kappa shape index (κ2) is 10.5. The van der Waals surface area contributed by atoms with E-state index in [9.17, 15) is 4.79 Å². The van der Waals surface area contributed by atoms with E-state index in [2.05, 4.69) is 4.90 Å². The molecule has 9 heteroatoms. The number of nitrogen functional groups attached to an aromatic ring is 1. The van der Waals surface area contributed by atoms with E-state index in [0.29, 0.717) is 35.1 Å². The van der Waals surface area contributed by atoms with Crippen LogP contribution < -0.4 is 20.1 Å². The van der Waals surface area contributed by atoms with Gasteiger partial charge in [-0.25, -0.2) is 0 Å². The summed E-state index contributed by atoms with van der Waals surface area (Å²) in [5, 5.41) is 0.349. The number of nitrogens with zero attached hydrogens (tertiary/aromatic N) is 2. The van der Waals surface area contributed by atoms with Gasteiger partial charge in [-0.1, -0.05) is 23.7 Å². The Bertz CT molecular complexity index is 812. The Balaban J connectivity index is 0.00000196. The lowest BCUT2D eigenvalue weighted by Crippen LogP contribution is -2.49. The second-order valence-corrected chi connectivity index (χ2v) is 6.43. The highest BCUT2D eigenvalue weighted by Gasteiger charge is 2.26. The van der Waals surface area contributed by atoms with Gasteiger partial charge in [0.2, 0.25) is 0 Å². The average Bonchev–Trinajstić information content (AvgIpc) is 2.69. The summed E-state index contributed by atoms with van der Waals surface area (Å²) in [5.41, 5.74) is 7.65. The SMILES string of the molecule is COc1cc(N)c(Cl)cc1C(=O)N1CCN(c2ccccc2OC)CC1.Cl.Cl. The third-order valence-electron chi connectivity index (χ3n) is 4.54. The molecule has 1 aliphatic rings. The number of hydrogen-bond donors (Lipinski definition) is 1. The normalized spacial score (nSPS) is 13.2. The number of anilines is 2. The molecule has 2 aromatic rings. The zero-order valence-corrected chi connectivity index (χ0v) is 18.1. The Morgan fingerprint density at radius 2 is 1.61 bits per heavy atom. The summed E-state index contributed by atoms with van der Waals surface area (Å²) < 4.78 is 10.7. The number of rotatable bonds is 4. The molecule has 0 unspecified atom stereocenters. The lowest BCUT2D eigenvalue weighted by molar-refractivity contribution is 0.0743. The van der Waals surface area contributed by atoms with E-state index in [4.69, 9.17) is 26.8 Å². The molecule has 0 spiro atoms. The number of ether oxygens (including phenoxy) is 2.